The van der Waals surface area contributed by atoms with E-state index >= 15 is 0 Å². The van der Waals surface area contributed by atoms with Gasteiger partial charge in [-0.3, -0.25) is 0 Å². The van der Waals surface area contributed by atoms with Crippen LogP contribution in [0.1, 0.15) is 18.1 Å². The van der Waals surface area contributed by atoms with Crippen LogP contribution in [-0.4, -0.2) is 18.0 Å². The average molecular weight is 204 g/mol. The zero-order chi connectivity index (χ0) is 10.3. The number of para-hydroxylation sites is 1. The first kappa shape index (κ1) is 8.95. The van der Waals surface area contributed by atoms with Gasteiger partial charge in [0.1, 0.15) is 11.3 Å². The molecule has 1 aromatic heterocycles. The van der Waals surface area contributed by atoms with E-state index in [1.54, 1.807) is 0 Å². The normalized spacial score (nSPS) is 26.2. The molecule has 0 amide bonds. The summed E-state index contributed by atoms with van der Waals surface area (Å²) in [5.41, 5.74) is 0.897. The van der Waals surface area contributed by atoms with Crippen molar-refractivity contribution in [3.8, 4) is 0 Å². The Morgan fingerprint density at radius 3 is 2.87 bits per heavy atom. The summed E-state index contributed by atoms with van der Waals surface area (Å²) >= 11 is 0. The summed E-state index contributed by atoms with van der Waals surface area (Å²) in [6.07, 6.45) is -0.0111. The van der Waals surface area contributed by atoms with Crippen molar-refractivity contribution < 1.29 is 14.3 Å². The van der Waals surface area contributed by atoms with Crippen LogP contribution in [0.15, 0.2) is 34.7 Å². The molecule has 3 heteroatoms. The Balaban J connectivity index is 1.98. The second-order valence-corrected chi connectivity index (χ2v) is 3.91. The number of ether oxygens (including phenoxy) is 1. The number of hydrogen-bond donors (Lipinski definition) is 1. The fourth-order valence-electron chi connectivity index (χ4n) is 2.01. The van der Waals surface area contributed by atoms with Crippen LogP contribution in [0.25, 0.3) is 11.0 Å². The quantitative estimate of drug-likeness (QED) is 0.774. The molecule has 78 valence electrons. The van der Waals surface area contributed by atoms with E-state index in [0.29, 0.717) is 13.0 Å². The fourth-order valence-corrected chi connectivity index (χ4v) is 2.01. The SMILES string of the molecule is OC1CC(c2cc3ccccc3o2)CO1. The summed E-state index contributed by atoms with van der Waals surface area (Å²) in [4.78, 5) is 0. The van der Waals surface area contributed by atoms with Crippen molar-refractivity contribution in [3.63, 3.8) is 0 Å². The van der Waals surface area contributed by atoms with Gasteiger partial charge in [-0.2, -0.15) is 0 Å². The predicted molar refractivity (Wildman–Crippen MR) is 55.5 cm³/mol. The lowest BCUT2D eigenvalue weighted by Crippen LogP contribution is -2.00. The van der Waals surface area contributed by atoms with Crippen molar-refractivity contribution >= 4 is 11.0 Å². The Morgan fingerprint density at radius 1 is 1.27 bits per heavy atom. The third-order valence-corrected chi connectivity index (χ3v) is 2.82. The molecule has 1 aliphatic rings. The number of benzene rings is 1. The maximum absolute atomic E-state index is 9.27. The van der Waals surface area contributed by atoms with E-state index in [1.165, 1.54) is 0 Å². The van der Waals surface area contributed by atoms with Gasteiger partial charge in [0, 0.05) is 17.7 Å². The van der Waals surface area contributed by atoms with Gasteiger partial charge in [-0.05, 0) is 12.1 Å². The van der Waals surface area contributed by atoms with Gasteiger partial charge in [-0.1, -0.05) is 18.2 Å². The van der Waals surface area contributed by atoms with Crippen LogP contribution in [0.4, 0.5) is 0 Å². The lowest BCUT2D eigenvalue weighted by molar-refractivity contribution is -0.0590. The maximum Gasteiger partial charge on any atom is 0.155 e. The molecule has 1 fully saturated rings. The Labute approximate surface area is 87.3 Å². The Hall–Kier alpha value is -1.32. The summed E-state index contributed by atoms with van der Waals surface area (Å²) in [6.45, 7) is 0.543. The molecule has 3 rings (SSSR count). The van der Waals surface area contributed by atoms with E-state index in [2.05, 4.69) is 0 Å². The zero-order valence-corrected chi connectivity index (χ0v) is 8.22. The van der Waals surface area contributed by atoms with Gasteiger partial charge < -0.3 is 14.3 Å². The molecule has 0 radical (unpaired) electrons. The highest BCUT2D eigenvalue weighted by Crippen LogP contribution is 2.32. The van der Waals surface area contributed by atoms with Gasteiger partial charge in [0.2, 0.25) is 0 Å². The first-order chi connectivity index (χ1) is 7.33. The average Bonchev–Trinajstić information content (AvgIpc) is 2.82. The molecule has 2 unspecified atom stereocenters. The Bertz CT molecular complexity index is 441. The van der Waals surface area contributed by atoms with Crippen LogP contribution in [0.3, 0.4) is 0 Å². The third kappa shape index (κ3) is 1.54. The molecule has 2 atom stereocenters. The molecule has 1 aromatic carbocycles. The molecule has 3 nitrogen and oxygen atoms in total. The molecule has 1 aliphatic heterocycles. The number of rotatable bonds is 1. The first-order valence-electron chi connectivity index (χ1n) is 5.11. The topological polar surface area (TPSA) is 42.6 Å². The molecule has 0 bridgehead atoms. The van der Waals surface area contributed by atoms with Crippen molar-refractivity contribution in [2.24, 2.45) is 0 Å². The van der Waals surface area contributed by atoms with Crippen molar-refractivity contribution in [3.05, 3.63) is 36.1 Å². The zero-order valence-electron chi connectivity index (χ0n) is 8.22. The van der Waals surface area contributed by atoms with Crippen LogP contribution in [0.5, 0.6) is 0 Å². The van der Waals surface area contributed by atoms with Crippen molar-refractivity contribution in [1.29, 1.82) is 0 Å². The lowest BCUT2D eigenvalue weighted by Gasteiger charge is -2.00. The van der Waals surface area contributed by atoms with Crippen LogP contribution in [-0.2, 0) is 4.74 Å². The van der Waals surface area contributed by atoms with Gasteiger partial charge in [0.05, 0.1) is 6.61 Å². The largest absolute Gasteiger partial charge is 0.461 e. The minimum atomic E-state index is -0.636. The number of fused-ring (bicyclic) bond motifs is 1. The summed E-state index contributed by atoms with van der Waals surface area (Å²) < 4.78 is 10.8. The maximum atomic E-state index is 9.27. The summed E-state index contributed by atoms with van der Waals surface area (Å²) in [5, 5.41) is 10.4. The lowest BCUT2D eigenvalue weighted by atomic mass is 10.1. The minimum absolute atomic E-state index is 0.187. The van der Waals surface area contributed by atoms with Gasteiger partial charge >= 0.3 is 0 Å². The molecule has 2 heterocycles. The molecule has 0 aliphatic carbocycles. The Kier molecular flexibility index (Phi) is 2.01. The summed E-state index contributed by atoms with van der Waals surface area (Å²) in [7, 11) is 0. The van der Waals surface area contributed by atoms with Crippen LogP contribution in [0, 0.1) is 0 Å². The monoisotopic (exact) mass is 204 g/mol. The molecule has 2 aromatic rings. The van der Waals surface area contributed by atoms with Crippen molar-refractivity contribution in [1.82, 2.24) is 0 Å². The molecular weight excluding hydrogens is 192 g/mol. The van der Waals surface area contributed by atoms with Gasteiger partial charge in [0.25, 0.3) is 0 Å². The van der Waals surface area contributed by atoms with Gasteiger partial charge in [-0.25, -0.2) is 0 Å². The summed E-state index contributed by atoms with van der Waals surface area (Å²) in [6, 6.07) is 9.94. The highest BCUT2D eigenvalue weighted by atomic mass is 16.6. The molecule has 1 N–H and O–H groups in total. The second kappa shape index (κ2) is 3.36. The van der Waals surface area contributed by atoms with Gasteiger partial charge in [0.15, 0.2) is 6.29 Å². The van der Waals surface area contributed by atoms with Crippen LogP contribution in [0.2, 0.25) is 0 Å². The molecule has 0 saturated carbocycles. The number of furan rings is 1. The smallest absolute Gasteiger partial charge is 0.155 e. The molecular formula is C12H12O3. The number of aliphatic hydroxyl groups excluding tert-OH is 1. The third-order valence-electron chi connectivity index (χ3n) is 2.82. The van der Waals surface area contributed by atoms with E-state index in [4.69, 9.17) is 9.15 Å². The minimum Gasteiger partial charge on any atom is -0.461 e. The molecule has 15 heavy (non-hydrogen) atoms. The van der Waals surface area contributed by atoms with Crippen LogP contribution >= 0.6 is 0 Å². The van der Waals surface area contributed by atoms with E-state index in [1.807, 2.05) is 30.3 Å². The predicted octanol–water partition coefficient (Wildman–Crippen LogP) is 2.26. The van der Waals surface area contributed by atoms with Crippen molar-refractivity contribution in [2.45, 2.75) is 18.6 Å². The standard InChI is InChI=1S/C12H12O3/c13-12-6-9(7-14-12)11-5-8-3-1-2-4-10(8)15-11/h1-5,9,12-13H,6-7H2. The summed E-state index contributed by atoms with van der Waals surface area (Å²) in [5.74, 6) is 1.10. The van der Waals surface area contributed by atoms with E-state index in [-0.39, 0.29) is 5.92 Å². The highest BCUT2D eigenvalue weighted by Gasteiger charge is 2.27. The Morgan fingerprint density at radius 2 is 2.13 bits per heavy atom. The first-order valence-corrected chi connectivity index (χ1v) is 5.11. The van der Waals surface area contributed by atoms with E-state index < -0.39 is 6.29 Å². The van der Waals surface area contributed by atoms with Crippen LogP contribution < -0.4 is 0 Å². The van der Waals surface area contributed by atoms with Crippen molar-refractivity contribution in [2.75, 3.05) is 6.61 Å². The van der Waals surface area contributed by atoms with E-state index in [9.17, 15) is 5.11 Å². The molecule has 0 spiro atoms. The fraction of sp³-hybridized carbons (Fsp3) is 0.333. The van der Waals surface area contributed by atoms with E-state index in [0.717, 1.165) is 16.7 Å². The highest BCUT2D eigenvalue weighted by molar-refractivity contribution is 5.77. The number of aliphatic hydroxyl groups is 1. The second-order valence-electron chi connectivity index (χ2n) is 3.91. The van der Waals surface area contributed by atoms with Gasteiger partial charge in [-0.15, -0.1) is 0 Å². The molecule has 1 saturated heterocycles. The number of hydrogen-bond acceptors (Lipinski definition) is 3.